The first-order valence-electron chi connectivity index (χ1n) is 3.76. The van der Waals surface area contributed by atoms with E-state index in [9.17, 15) is 0 Å². The number of aromatic nitrogens is 1. The summed E-state index contributed by atoms with van der Waals surface area (Å²) in [6.45, 7) is 0. The van der Waals surface area contributed by atoms with E-state index in [-0.39, 0.29) is 0 Å². The summed E-state index contributed by atoms with van der Waals surface area (Å²) in [6, 6.07) is 10.9. The molecular weight excluding hydrogens is 184 g/mol. The minimum atomic E-state index is 0.412. The highest BCUT2D eigenvalue weighted by molar-refractivity contribution is 6.35. The lowest BCUT2D eigenvalue weighted by Crippen LogP contribution is -1.83. The van der Waals surface area contributed by atoms with Gasteiger partial charge in [0.15, 0.2) is 0 Å². The first-order valence-corrected chi connectivity index (χ1v) is 4.14. The highest BCUT2D eigenvalue weighted by Crippen LogP contribution is 2.21. The van der Waals surface area contributed by atoms with Crippen molar-refractivity contribution in [2.75, 3.05) is 0 Å². The van der Waals surface area contributed by atoms with E-state index in [4.69, 9.17) is 16.9 Å². The number of rotatable bonds is 0. The molecule has 0 saturated carbocycles. The van der Waals surface area contributed by atoms with Crippen molar-refractivity contribution in [1.29, 1.82) is 5.26 Å². The van der Waals surface area contributed by atoms with Crippen molar-refractivity contribution in [2.24, 2.45) is 0 Å². The Morgan fingerprint density at radius 3 is 2.85 bits per heavy atom. The number of pyridine rings is 1. The second kappa shape index (κ2) is 3.04. The summed E-state index contributed by atoms with van der Waals surface area (Å²) in [4.78, 5) is 4.11. The van der Waals surface area contributed by atoms with Crippen LogP contribution in [0.5, 0.6) is 0 Å². The second-order valence-corrected chi connectivity index (χ2v) is 3.02. The zero-order valence-corrected chi connectivity index (χ0v) is 7.42. The Balaban J connectivity index is 2.82. The van der Waals surface area contributed by atoms with Gasteiger partial charge >= 0.3 is 0 Å². The maximum Gasteiger partial charge on any atom is 0.141 e. The van der Waals surface area contributed by atoms with E-state index in [0.717, 1.165) is 10.9 Å². The van der Waals surface area contributed by atoms with Gasteiger partial charge in [0.05, 0.1) is 5.52 Å². The number of hydrogen-bond acceptors (Lipinski definition) is 2. The third-order valence-corrected chi connectivity index (χ3v) is 2.12. The Kier molecular flexibility index (Phi) is 1.88. The molecule has 0 aliphatic heterocycles. The van der Waals surface area contributed by atoms with E-state index in [1.54, 1.807) is 12.1 Å². The Hall–Kier alpha value is -1.59. The zero-order chi connectivity index (χ0) is 9.26. The molecule has 13 heavy (non-hydrogen) atoms. The molecular formula is C10H5ClN2. The van der Waals surface area contributed by atoms with Gasteiger partial charge in [-0.15, -0.1) is 0 Å². The minimum absolute atomic E-state index is 0.412. The van der Waals surface area contributed by atoms with Crippen LogP contribution in [0.15, 0.2) is 30.3 Å². The van der Waals surface area contributed by atoms with Crippen LogP contribution >= 0.6 is 11.6 Å². The largest absolute Gasteiger partial charge is 0.237 e. The quantitative estimate of drug-likeness (QED) is 0.638. The van der Waals surface area contributed by atoms with Gasteiger partial charge in [0.25, 0.3) is 0 Å². The first kappa shape index (κ1) is 8.03. The molecule has 2 rings (SSSR count). The predicted octanol–water partition coefficient (Wildman–Crippen LogP) is 2.76. The Morgan fingerprint density at radius 1 is 1.23 bits per heavy atom. The lowest BCUT2D eigenvalue weighted by atomic mass is 10.2. The zero-order valence-electron chi connectivity index (χ0n) is 6.66. The molecule has 0 N–H and O–H groups in total. The molecule has 0 aliphatic carbocycles. The van der Waals surface area contributed by atoms with Crippen molar-refractivity contribution in [2.45, 2.75) is 0 Å². The molecule has 2 nitrogen and oxygen atoms in total. The highest BCUT2D eigenvalue weighted by atomic mass is 35.5. The molecule has 1 aromatic heterocycles. The van der Waals surface area contributed by atoms with Gasteiger partial charge in [0, 0.05) is 10.4 Å². The van der Waals surface area contributed by atoms with Gasteiger partial charge in [-0.3, -0.25) is 0 Å². The van der Waals surface area contributed by atoms with Gasteiger partial charge in [0.2, 0.25) is 0 Å². The number of halogens is 1. The molecule has 0 bridgehead atoms. The van der Waals surface area contributed by atoms with Crippen LogP contribution in [0.2, 0.25) is 5.02 Å². The highest BCUT2D eigenvalue weighted by Gasteiger charge is 1.99. The molecule has 3 heteroatoms. The van der Waals surface area contributed by atoms with Crippen LogP contribution in [-0.2, 0) is 0 Å². The van der Waals surface area contributed by atoms with E-state index in [0.29, 0.717) is 10.7 Å². The van der Waals surface area contributed by atoms with E-state index in [1.807, 2.05) is 24.3 Å². The van der Waals surface area contributed by atoms with Crippen LogP contribution in [0, 0.1) is 11.3 Å². The van der Waals surface area contributed by atoms with E-state index in [1.165, 1.54) is 0 Å². The molecule has 0 saturated heterocycles. The van der Waals surface area contributed by atoms with E-state index in [2.05, 4.69) is 4.98 Å². The van der Waals surface area contributed by atoms with Crippen LogP contribution in [0.25, 0.3) is 10.9 Å². The predicted molar refractivity (Wildman–Crippen MR) is 51.5 cm³/mol. The van der Waals surface area contributed by atoms with Crippen molar-refractivity contribution < 1.29 is 0 Å². The number of fused-ring (bicyclic) bond motifs is 1. The molecule has 0 radical (unpaired) electrons. The van der Waals surface area contributed by atoms with Gasteiger partial charge in [-0.25, -0.2) is 4.98 Å². The van der Waals surface area contributed by atoms with Crippen LogP contribution < -0.4 is 0 Å². The summed E-state index contributed by atoms with van der Waals surface area (Å²) in [7, 11) is 0. The van der Waals surface area contributed by atoms with Gasteiger partial charge in [-0.2, -0.15) is 5.26 Å². The molecule has 2 aromatic rings. The summed E-state index contributed by atoms with van der Waals surface area (Å²) in [5, 5.41) is 10.2. The van der Waals surface area contributed by atoms with Gasteiger partial charge in [-0.1, -0.05) is 17.7 Å². The Bertz CT molecular complexity index is 500. The number of benzene rings is 1. The molecule has 0 unspecified atom stereocenters. The molecule has 0 spiro atoms. The molecule has 0 atom stereocenters. The van der Waals surface area contributed by atoms with Gasteiger partial charge in [-0.05, 0) is 24.3 Å². The van der Waals surface area contributed by atoms with Gasteiger partial charge in [0.1, 0.15) is 11.8 Å². The molecule has 62 valence electrons. The van der Waals surface area contributed by atoms with Crippen LogP contribution in [-0.4, -0.2) is 4.98 Å². The smallest absolute Gasteiger partial charge is 0.141 e. The number of nitriles is 1. The summed E-state index contributed by atoms with van der Waals surface area (Å²) in [5.74, 6) is 0. The third kappa shape index (κ3) is 1.34. The standard InChI is InChI=1S/C10H5ClN2/c11-9-2-1-3-10-8(9)5-4-7(6-12)13-10/h1-5H. The summed E-state index contributed by atoms with van der Waals surface area (Å²) in [5.41, 5.74) is 1.17. The van der Waals surface area contributed by atoms with Crippen molar-refractivity contribution in [3.8, 4) is 6.07 Å². The molecule has 0 amide bonds. The molecule has 0 aliphatic rings. The molecule has 1 heterocycles. The normalized spacial score (nSPS) is 9.85. The van der Waals surface area contributed by atoms with Crippen molar-refractivity contribution in [1.82, 2.24) is 4.98 Å². The van der Waals surface area contributed by atoms with E-state index >= 15 is 0 Å². The first-order chi connectivity index (χ1) is 6.31. The Labute approximate surface area is 80.4 Å². The molecule has 0 fully saturated rings. The maximum absolute atomic E-state index is 8.62. The SMILES string of the molecule is N#Cc1ccc2c(Cl)cccc2n1. The summed E-state index contributed by atoms with van der Waals surface area (Å²) < 4.78 is 0. The lowest BCUT2D eigenvalue weighted by molar-refractivity contribution is 1.33. The monoisotopic (exact) mass is 188 g/mol. The third-order valence-electron chi connectivity index (χ3n) is 1.79. The van der Waals surface area contributed by atoms with Crippen LogP contribution in [0.4, 0.5) is 0 Å². The fraction of sp³-hybridized carbons (Fsp3) is 0. The average Bonchev–Trinajstić information content (AvgIpc) is 2.18. The second-order valence-electron chi connectivity index (χ2n) is 2.61. The Morgan fingerprint density at radius 2 is 2.08 bits per heavy atom. The van der Waals surface area contributed by atoms with Gasteiger partial charge < -0.3 is 0 Å². The lowest BCUT2D eigenvalue weighted by Gasteiger charge is -1.98. The van der Waals surface area contributed by atoms with Crippen molar-refractivity contribution >= 4 is 22.5 Å². The number of hydrogen-bond donors (Lipinski definition) is 0. The summed E-state index contributed by atoms with van der Waals surface area (Å²) in [6.07, 6.45) is 0. The summed E-state index contributed by atoms with van der Waals surface area (Å²) >= 11 is 5.93. The van der Waals surface area contributed by atoms with E-state index < -0.39 is 0 Å². The maximum atomic E-state index is 8.62. The number of nitrogens with zero attached hydrogens (tertiary/aromatic N) is 2. The van der Waals surface area contributed by atoms with Crippen LogP contribution in [0.1, 0.15) is 5.69 Å². The average molecular weight is 189 g/mol. The fourth-order valence-electron chi connectivity index (χ4n) is 1.18. The topological polar surface area (TPSA) is 36.7 Å². The minimum Gasteiger partial charge on any atom is -0.237 e. The molecule has 1 aromatic carbocycles. The van der Waals surface area contributed by atoms with Crippen LogP contribution in [0.3, 0.4) is 0 Å². The van der Waals surface area contributed by atoms with Crippen molar-refractivity contribution in [3.05, 3.63) is 41.0 Å². The fourth-order valence-corrected chi connectivity index (χ4v) is 1.41. The van der Waals surface area contributed by atoms with Crippen molar-refractivity contribution in [3.63, 3.8) is 0 Å².